The molecule has 0 aliphatic carbocycles. The third-order valence-electron chi connectivity index (χ3n) is 5.09. The van der Waals surface area contributed by atoms with Gasteiger partial charge in [0.05, 0.1) is 12.1 Å². The number of nitrogens with one attached hydrogen (secondary N) is 4. The first-order valence-electron chi connectivity index (χ1n) is 11.1. The Labute approximate surface area is 211 Å². The van der Waals surface area contributed by atoms with Gasteiger partial charge in [-0.25, -0.2) is 0 Å². The molecule has 2 amide bonds. The first-order valence-corrected chi connectivity index (χ1v) is 12.0. The second-order valence-corrected chi connectivity index (χ2v) is 8.62. The fraction of sp³-hybridized carbons (Fsp3) is 0.571. The number of aromatic hydroxyl groups is 1. The first-order chi connectivity index (χ1) is 16.2. The van der Waals surface area contributed by atoms with Crippen LogP contribution >= 0.6 is 25.4 Å². The highest BCUT2D eigenvalue weighted by atomic mass is 32.1. The number of nitrogens with two attached hydrogens (primary N) is 3. The van der Waals surface area contributed by atoms with E-state index in [2.05, 4.69) is 46.1 Å². The summed E-state index contributed by atoms with van der Waals surface area (Å²) in [6, 6.07) is 3.84. The molecule has 3 atom stereocenters. The number of thiol groups is 2. The minimum absolute atomic E-state index is 0.0829. The number of rotatable bonds is 17. The smallest absolute Gasteiger partial charge is 0.243 e. The number of phenolic OH excluding ortho intramolecular Hbond substituents is 1. The van der Waals surface area contributed by atoms with Crippen molar-refractivity contribution in [3.63, 3.8) is 0 Å². The van der Waals surface area contributed by atoms with Crippen LogP contribution in [-0.2, 0) is 20.8 Å². The van der Waals surface area contributed by atoms with Crippen LogP contribution in [0.4, 0.5) is 0 Å². The Balaban J connectivity index is 2.91. The molecular formula is C21H37N7O4S2. The zero-order chi connectivity index (χ0) is 25.5. The van der Waals surface area contributed by atoms with Crippen molar-refractivity contribution in [2.45, 2.75) is 62.9 Å². The molecule has 0 aliphatic heterocycles. The minimum atomic E-state index is -0.971. The number of hydrogen-bond acceptors (Lipinski definition) is 10. The van der Waals surface area contributed by atoms with Crippen LogP contribution in [0.5, 0.6) is 5.75 Å². The molecule has 11 N–H and O–H groups in total. The van der Waals surface area contributed by atoms with Crippen molar-refractivity contribution in [2.75, 3.05) is 13.1 Å². The van der Waals surface area contributed by atoms with Gasteiger partial charge in [-0.2, -0.15) is 0 Å². The summed E-state index contributed by atoms with van der Waals surface area (Å²) in [6.07, 6.45) is 2.27. The standard InChI is InChI=1S/C21H37N7O4S2/c22-10-2-1-4-15(28-34)18(30)27-17(12-13-6-8-14(29)9-7-13)19(31)26-16(20(32)33)5-3-11-25-21(23)24/h6-9,15-17,21,25,28-29,34H,1-5,10-12,22-24H2,(H,26,31)(H,27,30)(H,32,33)/t15-,16-,17-/m0/s1. The monoisotopic (exact) mass is 515 g/mol. The predicted octanol–water partition coefficient (Wildman–Crippen LogP) is -1.14. The van der Waals surface area contributed by atoms with E-state index < -0.39 is 41.3 Å². The predicted molar refractivity (Wildman–Crippen MR) is 138 cm³/mol. The van der Waals surface area contributed by atoms with Crippen LogP contribution in [0.15, 0.2) is 24.3 Å². The fourth-order valence-corrected chi connectivity index (χ4v) is 3.64. The lowest BCUT2D eigenvalue weighted by Gasteiger charge is -2.24. The van der Waals surface area contributed by atoms with Crippen molar-refractivity contribution >= 4 is 42.4 Å². The van der Waals surface area contributed by atoms with Gasteiger partial charge in [0.2, 0.25) is 16.9 Å². The summed E-state index contributed by atoms with van der Waals surface area (Å²) in [4.78, 5) is 37.9. The van der Waals surface area contributed by atoms with E-state index in [9.17, 15) is 19.5 Å². The molecule has 0 aromatic heterocycles. The van der Waals surface area contributed by atoms with Gasteiger partial charge in [0.25, 0.3) is 0 Å². The zero-order valence-electron chi connectivity index (χ0n) is 19.1. The Bertz CT molecular complexity index is 768. The lowest BCUT2D eigenvalue weighted by atomic mass is 10.0. The molecule has 13 heteroatoms. The van der Waals surface area contributed by atoms with Crippen molar-refractivity contribution in [3.05, 3.63) is 29.8 Å². The minimum Gasteiger partial charge on any atom is -0.508 e. The third-order valence-corrected chi connectivity index (χ3v) is 5.72. The summed E-state index contributed by atoms with van der Waals surface area (Å²) < 4.78 is 2.66. The molecule has 0 radical (unpaired) electrons. The summed E-state index contributed by atoms with van der Waals surface area (Å²) in [5.74, 6) is -0.849. The van der Waals surface area contributed by atoms with Gasteiger partial charge >= 0.3 is 0 Å². The number of benzene rings is 1. The number of phenols is 1. The first kappa shape index (κ1) is 30.2. The van der Waals surface area contributed by atoms with Gasteiger partial charge in [-0.15, -0.1) is 12.6 Å². The van der Waals surface area contributed by atoms with Crippen LogP contribution in [0, 0.1) is 0 Å². The molecule has 0 bridgehead atoms. The number of carbonyl (C=O) groups excluding carboxylic acids is 3. The third kappa shape index (κ3) is 12.0. The quantitative estimate of drug-likeness (QED) is 0.0692. The molecule has 1 rings (SSSR count). The van der Waals surface area contributed by atoms with E-state index in [1.807, 2.05) is 0 Å². The Morgan fingerprint density at radius 1 is 0.912 bits per heavy atom. The molecule has 0 aliphatic rings. The molecule has 34 heavy (non-hydrogen) atoms. The maximum Gasteiger partial charge on any atom is 0.243 e. The second kappa shape index (κ2) is 16.7. The summed E-state index contributed by atoms with van der Waals surface area (Å²) >= 11 is 7.92. The maximum atomic E-state index is 13.1. The Morgan fingerprint density at radius 2 is 1.50 bits per heavy atom. The molecule has 11 nitrogen and oxygen atoms in total. The highest BCUT2D eigenvalue weighted by Crippen LogP contribution is 2.13. The van der Waals surface area contributed by atoms with Crippen LogP contribution < -0.4 is 37.9 Å². The molecule has 0 heterocycles. The van der Waals surface area contributed by atoms with Gasteiger partial charge in [0.1, 0.15) is 18.1 Å². The highest BCUT2D eigenvalue weighted by Gasteiger charge is 2.28. The number of unbranched alkanes of at least 4 members (excludes halogenated alkanes) is 1. The number of hydrogen-bond donors (Lipinski definition) is 10. The summed E-state index contributed by atoms with van der Waals surface area (Å²) in [7, 11) is 0. The van der Waals surface area contributed by atoms with Crippen LogP contribution in [0.3, 0.4) is 0 Å². The molecule has 0 saturated heterocycles. The van der Waals surface area contributed by atoms with Gasteiger partial charge in [-0.05, 0) is 56.5 Å². The fourth-order valence-electron chi connectivity index (χ4n) is 3.20. The van der Waals surface area contributed by atoms with Gasteiger partial charge < -0.3 is 32.9 Å². The van der Waals surface area contributed by atoms with E-state index in [0.717, 1.165) is 6.42 Å². The zero-order valence-corrected chi connectivity index (χ0v) is 20.9. The van der Waals surface area contributed by atoms with Crippen molar-refractivity contribution in [1.29, 1.82) is 0 Å². The molecule has 0 unspecified atom stereocenters. The largest absolute Gasteiger partial charge is 0.508 e. The van der Waals surface area contributed by atoms with Gasteiger partial charge in [0, 0.05) is 6.42 Å². The van der Waals surface area contributed by atoms with Gasteiger partial charge in [-0.3, -0.25) is 24.4 Å². The van der Waals surface area contributed by atoms with Gasteiger partial charge in [0.15, 0.2) is 0 Å². The van der Waals surface area contributed by atoms with E-state index in [4.69, 9.17) is 17.2 Å². The topological polar surface area (TPSA) is 198 Å². The van der Waals surface area contributed by atoms with Crippen LogP contribution in [0.25, 0.3) is 0 Å². The SMILES string of the molecule is NCCCC[C@H](NS)C(=O)N[C@@H](Cc1ccc(O)cc1)C(=O)N[C@@H](CCCNC(N)N)C(=O)S. The van der Waals surface area contributed by atoms with Crippen LogP contribution in [-0.4, -0.2) is 59.5 Å². The number of carbonyl (C=O) groups is 3. The van der Waals surface area contributed by atoms with Crippen molar-refractivity contribution in [1.82, 2.24) is 20.7 Å². The average molecular weight is 516 g/mol. The average Bonchev–Trinajstić information content (AvgIpc) is 2.79. The summed E-state index contributed by atoms with van der Waals surface area (Å²) in [5, 5.41) is 17.3. The molecule has 192 valence electrons. The van der Waals surface area contributed by atoms with Crippen LogP contribution in [0.1, 0.15) is 37.7 Å². The molecule has 0 fully saturated rings. The second-order valence-electron chi connectivity index (χ2n) is 7.92. The van der Waals surface area contributed by atoms with Crippen molar-refractivity contribution in [2.24, 2.45) is 17.2 Å². The lowest BCUT2D eigenvalue weighted by Crippen LogP contribution is -2.55. The molecular weight excluding hydrogens is 478 g/mol. The molecule has 1 aromatic rings. The van der Waals surface area contributed by atoms with Crippen molar-refractivity contribution < 1.29 is 19.5 Å². The Kier molecular flexibility index (Phi) is 14.8. The van der Waals surface area contributed by atoms with E-state index in [1.54, 1.807) is 12.1 Å². The van der Waals surface area contributed by atoms with E-state index >= 15 is 0 Å². The van der Waals surface area contributed by atoms with E-state index in [1.165, 1.54) is 12.1 Å². The van der Waals surface area contributed by atoms with Crippen molar-refractivity contribution in [3.8, 4) is 5.75 Å². The molecule has 0 spiro atoms. The Hall–Kier alpha value is -1.87. The summed E-state index contributed by atoms with van der Waals surface area (Å²) in [5.41, 5.74) is 17.1. The molecule has 0 saturated carbocycles. The van der Waals surface area contributed by atoms with E-state index in [0.29, 0.717) is 44.3 Å². The lowest BCUT2D eigenvalue weighted by molar-refractivity contribution is -0.131. The Morgan fingerprint density at radius 3 is 2.06 bits per heavy atom. The normalized spacial score (nSPS) is 13.8. The van der Waals surface area contributed by atoms with E-state index in [-0.39, 0.29) is 12.2 Å². The molecule has 1 aromatic carbocycles. The maximum absolute atomic E-state index is 13.1. The summed E-state index contributed by atoms with van der Waals surface area (Å²) in [6.45, 7) is 0.968. The van der Waals surface area contributed by atoms with Crippen LogP contribution in [0.2, 0.25) is 0 Å². The van der Waals surface area contributed by atoms with Gasteiger partial charge in [-0.1, -0.05) is 31.4 Å². The highest BCUT2D eigenvalue weighted by molar-refractivity contribution is 7.96. The number of amides is 2.